The van der Waals surface area contributed by atoms with Crippen molar-refractivity contribution < 1.29 is 9.90 Å². The van der Waals surface area contributed by atoms with E-state index in [0.29, 0.717) is 10.6 Å². The van der Waals surface area contributed by atoms with Crippen LogP contribution in [-0.4, -0.2) is 23.2 Å². The number of rotatable bonds is 2. The highest BCUT2D eigenvalue weighted by molar-refractivity contribution is 6.31. The summed E-state index contributed by atoms with van der Waals surface area (Å²) in [5.41, 5.74) is 1.51. The average Bonchev–Trinajstić information content (AvgIpc) is 2.54. The summed E-state index contributed by atoms with van der Waals surface area (Å²) in [7, 11) is 0. The van der Waals surface area contributed by atoms with Crippen molar-refractivity contribution in [2.24, 2.45) is 0 Å². The van der Waals surface area contributed by atoms with Gasteiger partial charge in [0.15, 0.2) is 0 Å². The molecule has 3 nitrogen and oxygen atoms in total. The Labute approximate surface area is 119 Å². The van der Waals surface area contributed by atoms with E-state index in [2.05, 4.69) is 5.32 Å². The number of aryl methyl sites for hydroxylation is 1. The van der Waals surface area contributed by atoms with Gasteiger partial charge >= 0.3 is 0 Å². The number of carbonyl (C=O) groups is 1. The van der Waals surface area contributed by atoms with Crippen LogP contribution >= 0.6 is 11.6 Å². The molecule has 4 heteroatoms. The first-order valence-electron chi connectivity index (χ1n) is 6.82. The summed E-state index contributed by atoms with van der Waals surface area (Å²) < 4.78 is 0. The number of aliphatic hydroxyl groups is 1. The van der Waals surface area contributed by atoms with Gasteiger partial charge in [-0.05, 0) is 43.5 Å². The molecule has 2 rings (SSSR count). The highest BCUT2D eigenvalue weighted by Crippen LogP contribution is 2.19. The van der Waals surface area contributed by atoms with Crippen LogP contribution in [0.25, 0.3) is 0 Å². The maximum Gasteiger partial charge on any atom is 0.251 e. The Morgan fingerprint density at radius 2 is 2.00 bits per heavy atom. The van der Waals surface area contributed by atoms with Crippen LogP contribution in [0.5, 0.6) is 0 Å². The highest BCUT2D eigenvalue weighted by atomic mass is 35.5. The van der Waals surface area contributed by atoms with Crippen LogP contribution in [0, 0.1) is 6.92 Å². The van der Waals surface area contributed by atoms with E-state index >= 15 is 0 Å². The van der Waals surface area contributed by atoms with Crippen molar-refractivity contribution >= 4 is 17.5 Å². The molecule has 0 aliphatic heterocycles. The second kappa shape index (κ2) is 6.40. The van der Waals surface area contributed by atoms with E-state index in [9.17, 15) is 9.90 Å². The first-order valence-corrected chi connectivity index (χ1v) is 7.20. The molecule has 0 aromatic heterocycles. The maximum absolute atomic E-state index is 12.2. The van der Waals surface area contributed by atoms with Crippen molar-refractivity contribution in [2.75, 3.05) is 0 Å². The fraction of sp³-hybridized carbons (Fsp3) is 0.533. The Bertz CT molecular complexity index is 441. The number of benzene rings is 1. The highest BCUT2D eigenvalue weighted by Gasteiger charge is 2.23. The Morgan fingerprint density at radius 1 is 1.26 bits per heavy atom. The predicted octanol–water partition coefficient (Wildman–Crippen LogP) is 3.07. The summed E-state index contributed by atoms with van der Waals surface area (Å²) >= 11 is 5.96. The monoisotopic (exact) mass is 281 g/mol. The van der Waals surface area contributed by atoms with E-state index < -0.39 is 6.10 Å². The quantitative estimate of drug-likeness (QED) is 0.819. The largest absolute Gasteiger partial charge is 0.391 e. The van der Waals surface area contributed by atoms with Gasteiger partial charge in [-0.2, -0.15) is 0 Å². The third kappa shape index (κ3) is 3.95. The van der Waals surface area contributed by atoms with E-state index in [-0.39, 0.29) is 11.9 Å². The number of halogens is 1. The lowest BCUT2D eigenvalue weighted by atomic mass is 10.0. The van der Waals surface area contributed by atoms with E-state index in [1.807, 2.05) is 19.1 Å². The maximum atomic E-state index is 12.2. The molecular weight excluding hydrogens is 262 g/mol. The lowest BCUT2D eigenvalue weighted by Gasteiger charge is -2.21. The van der Waals surface area contributed by atoms with Crippen molar-refractivity contribution in [1.29, 1.82) is 0 Å². The molecule has 104 valence electrons. The smallest absolute Gasteiger partial charge is 0.251 e. The molecule has 1 aromatic rings. The number of hydrogen-bond donors (Lipinski definition) is 2. The van der Waals surface area contributed by atoms with Gasteiger partial charge in [0.25, 0.3) is 5.91 Å². The minimum absolute atomic E-state index is 0.144. The molecular formula is C15H20ClNO2. The molecule has 19 heavy (non-hydrogen) atoms. The molecule has 1 amide bonds. The second-order valence-electron chi connectivity index (χ2n) is 5.30. The zero-order valence-corrected chi connectivity index (χ0v) is 11.9. The summed E-state index contributed by atoms with van der Waals surface area (Å²) in [6.07, 6.45) is 4.37. The van der Waals surface area contributed by atoms with Crippen LogP contribution in [0.2, 0.25) is 5.02 Å². The summed E-state index contributed by atoms with van der Waals surface area (Å²) in [6, 6.07) is 5.14. The second-order valence-corrected chi connectivity index (χ2v) is 5.74. The third-order valence-electron chi connectivity index (χ3n) is 3.60. The molecule has 0 spiro atoms. The van der Waals surface area contributed by atoms with Gasteiger partial charge < -0.3 is 10.4 Å². The molecule has 2 unspecified atom stereocenters. The van der Waals surface area contributed by atoms with E-state index in [1.54, 1.807) is 6.07 Å². The minimum atomic E-state index is -0.438. The molecule has 2 atom stereocenters. The fourth-order valence-corrected chi connectivity index (χ4v) is 2.87. The number of aliphatic hydroxyl groups excluding tert-OH is 1. The minimum Gasteiger partial charge on any atom is -0.391 e. The lowest BCUT2D eigenvalue weighted by Crippen LogP contribution is -2.42. The Balaban J connectivity index is 2.07. The molecule has 0 bridgehead atoms. The first-order chi connectivity index (χ1) is 9.06. The normalized spacial score (nSPS) is 23.7. The van der Waals surface area contributed by atoms with Gasteiger partial charge in [0, 0.05) is 10.6 Å². The van der Waals surface area contributed by atoms with Crippen LogP contribution in [-0.2, 0) is 0 Å². The Kier molecular flexibility index (Phi) is 4.83. The lowest BCUT2D eigenvalue weighted by molar-refractivity contribution is 0.0818. The SMILES string of the molecule is Cc1cc(Cl)cc(C(=O)NC2CCCCCC2O)c1. The van der Waals surface area contributed by atoms with Crippen LogP contribution < -0.4 is 5.32 Å². The van der Waals surface area contributed by atoms with Crippen LogP contribution in [0.15, 0.2) is 18.2 Å². The van der Waals surface area contributed by atoms with Crippen LogP contribution in [0.4, 0.5) is 0 Å². The zero-order valence-electron chi connectivity index (χ0n) is 11.2. The average molecular weight is 282 g/mol. The number of amides is 1. The molecule has 1 aliphatic carbocycles. The van der Waals surface area contributed by atoms with E-state index in [1.165, 1.54) is 0 Å². The van der Waals surface area contributed by atoms with Gasteiger partial charge in [0.05, 0.1) is 12.1 Å². The molecule has 1 fully saturated rings. The van der Waals surface area contributed by atoms with Gasteiger partial charge in [-0.3, -0.25) is 4.79 Å². The number of carbonyl (C=O) groups excluding carboxylic acids is 1. The number of hydrogen-bond acceptors (Lipinski definition) is 2. The molecule has 1 saturated carbocycles. The van der Waals surface area contributed by atoms with Crippen molar-refractivity contribution in [3.05, 3.63) is 34.3 Å². The Morgan fingerprint density at radius 3 is 2.74 bits per heavy atom. The van der Waals surface area contributed by atoms with Gasteiger partial charge in [-0.1, -0.05) is 30.9 Å². The predicted molar refractivity (Wildman–Crippen MR) is 76.5 cm³/mol. The molecule has 1 aromatic carbocycles. The molecule has 0 saturated heterocycles. The van der Waals surface area contributed by atoms with Crippen LogP contribution in [0.3, 0.4) is 0 Å². The van der Waals surface area contributed by atoms with Gasteiger partial charge in [0.2, 0.25) is 0 Å². The van der Waals surface area contributed by atoms with Crippen LogP contribution in [0.1, 0.15) is 48.0 Å². The molecule has 0 radical (unpaired) electrons. The molecule has 2 N–H and O–H groups in total. The zero-order chi connectivity index (χ0) is 13.8. The van der Waals surface area contributed by atoms with Gasteiger partial charge in [0.1, 0.15) is 0 Å². The Hall–Kier alpha value is -1.06. The van der Waals surface area contributed by atoms with Crippen molar-refractivity contribution in [2.45, 2.75) is 51.2 Å². The summed E-state index contributed by atoms with van der Waals surface area (Å²) in [6.45, 7) is 1.91. The van der Waals surface area contributed by atoms with Crippen molar-refractivity contribution in [3.63, 3.8) is 0 Å². The fourth-order valence-electron chi connectivity index (χ4n) is 2.58. The third-order valence-corrected chi connectivity index (χ3v) is 3.82. The topological polar surface area (TPSA) is 49.3 Å². The van der Waals surface area contributed by atoms with Gasteiger partial charge in [-0.15, -0.1) is 0 Å². The van der Waals surface area contributed by atoms with Gasteiger partial charge in [-0.25, -0.2) is 0 Å². The van der Waals surface area contributed by atoms with Crippen molar-refractivity contribution in [3.8, 4) is 0 Å². The molecule has 1 aliphatic rings. The summed E-state index contributed by atoms with van der Waals surface area (Å²) in [4.78, 5) is 12.2. The van der Waals surface area contributed by atoms with E-state index in [0.717, 1.165) is 37.7 Å². The number of nitrogens with one attached hydrogen (secondary N) is 1. The van der Waals surface area contributed by atoms with Crippen molar-refractivity contribution in [1.82, 2.24) is 5.32 Å². The van der Waals surface area contributed by atoms with E-state index in [4.69, 9.17) is 11.6 Å². The molecule has 0 heterocycles. The standard InChI is InChI=1S/C15H20ClNO2/c1-10-7-11(9-12(16)8-10)15(19)17-13-5-3-2-4-6-14(13)18/h7-9,13-14,18H,2-6H2,1H3,(H,17,19). The summed E-state index contributed by atoms with van der Waals surface area (Å²) in [5, 5.41) is 13.5. The first kappa shape index (κ1) is 14.4. The summed E-state index contributed by atoms with van der Waals surface area (Å²) in [5.74, 6) is -0.156.